The minimum atomic E-state index is -4.63. The second-order valence-electron chi connectivity index (χ2n) is 6.65. The molecule has 1 amide bonds. The van der Waals surface area contributed by atoms with Gasteiger partial charge in [0.2, 0.25) is 0 Å². The molecule has 2 saturated heterocycles. The molecule has 0 aromatic heterocycles. The number of carboxylic acid groups (broad SMARTS) is 1. The van der Waals surface area contributed by atoms with E-state index in [0.29, 0.717) is 13.2 Å². The van der Waals surface area contributed by atoms with Gasteiger partial charge in [-0.15, -0.1) is 0 Å². The van der Waals surface area contributed by atoms with E-state index in [1.807, 2.05) is 0 Å². The molecule has 0 spiro atoms. The van der Waals surface area contributed by atoms with Gasteiger partial charge in [0, 0.05) is 25.6 Å². The third kappa shape index (κ3) is 3.99. The number of alkyl halides is 3. The van der Waals surface area contributed by atoms with Crippen molar-refractivity contribution >= 4 is 11.9 Å². The molecule has 1 N–H and O–H groups in total. The molecule has 0 radical (unpaired) electrons. The van der Waals surface area contributed by atoms with Crippen LogP contribution in [0.5, 0.6) is 0 Å². The molecule has 3 rings (SSSR count). The van der Waals surface area contributed by atoms with E-state index >= 15 is 0 Å². The molecule has 0 aliphatic carbocycles. The van der Waals surface area contributed by atoms with Crippen molar-refractivity contribution < 1.29 is 32.6 Å². The SMILES string of the molecule is O=C(O)CN1C[C@@H]2COC[C@H](C1)N(C(=O)c1ccccc1C(F)(F)F)C2. The molecule has 9 heteroatoms. The standard InChI is InChI=1S/C17H19F3N2O4/c18-17(19,20)14-4-2-1-3-13(14)16(25)22-6-11-5-21(8-15(23)24)7-12(22)10-26-9-11/h1-4,11-12H,5-10H2,(H,23,24)/t11-,12-/m0/s1. The monoisotopic (exact) mass is 372 g/mol. The molecule has 2 aliphatic rings. The van der Waals surface area contributed by atoms with Crippen molar-refractivity contribution in [2.75, 3.05) is 39.4 Å². The quantitative estimate of drug-likeness (QED) is 0.872. The van der Waals surface area contributed by atoms with E-state index in [9.17, 15) is 22.8 Å². The summed E-state index contributed by atoms with van der Waals surface area (Å²) in [5.41, 5.74) is -1.36. The highest BCUT2D eigenvalue weighted by Crippen LogP contribution is 2.33. The van der Waals surface area contributed by atoms with Crippen LogP contribution in [0.15, 0.2) is 24.3 Å². The Bertz CT molecular complexity index is 695. The van der Waals surface area contributed by atoms with Gasteiger partial charge in [-0.2, -0.15) is 13.2 Å². The predicted octanol–water partition coefficient (Wildman–Crippen LogP) is 1.56. The fourth-order valence-electron chi connectivity index (χ4n) is 3.58. The van der Waals surface area contributed by atoms with Crippen LogP contribution in [0, 0.1) is 5.92 Å². The van der Waals surface area contributed by atoms with Gasteiger partial charge in [0.15, 0.2) is 0 Å². The van der Waals surface area contributed by atoms with Crippen LogP contribution in [-0.2, 0) is 15.7 Å². The van der Waals surface area contributed by atoms with Gasteiger partial charge in [-0.3, -0.25) is 14.5 Å². The molecule has 1 aromatic carbocycles. The van der Waals surface area contributed by atoms with Crippen molar-refractivity contribution in [3.63, 3.8) is 0 Å². The zero-order valence-electron chi connectivity index (χ0n) is 13.9. The van der Waals surface area contributed by atoms with Crippen LogP contribution in [0.2, 0.25) is 0 Å². The lowest BCUT2D eigenvalue weighted by molar-refractivity contribution is -0.139. The van der Waals surface area contributed by atoms with E-state index in [1.54, 1.807) is 4.90 Å². The van der Waals surface area contributed by atoms with Crippen LogP contribution in [0.25, 0.3) is 0 Å². The lowest BCUT2D eigenvalue weighted by Crippen LogP contribution is -2.47. The maximum Gasteiger partial charge on any atom is 0.417 e. The number of carbonyl (C=O) groups is 2. The van der Waals surface area contributed by atoms with Crippen LogP contribution in [-0.4, -0.2) is 72.2 Å². The van der Waals surface area contributed by atoms with Gasteiger partial charge in [-0.1, -0.05) is 12.1 Å². The van der Waals surface area contributed by atoms with Gasteiger partial charge in [0.25, 0.3) is 5.91 Å². The first-order valence-corrected chi connectivity index (χ1v) is 8.25. The number of amides is 1. The summed E-state index contributed by atoms with van der Waals surface area (Å²) >= 11 is 0. The Morgan fingerprint density at radius 2 is 1.88 bits per heavy atom. The van der Waals surface area contributed by atoms with Crippen molar-refractivity contribution in [3.8, 4) is 0 Å². The number of fused-ring (bicyclic) bond motifs is 3. The van der Waals surface area contributed by atoms with Gasteiger partial charge in [-0.05, 0) is 12.1 Å². The second-order valence-corrected chi connectivity index (χ2v) is 6.65. The lowest BCUT2D eigenvalue weighted by Gasteiger charge is -2.31. The highest BCUT2D eigenvalue weighted by molar-refractivity contribution is 5.96. The van der Waals surface area contributed by atoms with E-state index < -0.39 is 35.2 Å². The molecule has 2 aliphatic heterocycles. The van der Waals surface area contributed by atoms with Crippen LogP contribution in [0.4, 0.5) is 13.2 Å². The molecule has 6 nitrogen and oxygen atoms in total. The van der Waals surface area contributed by atoms with Crippen molar-refractivity contribution in [1.29, 1.82) is 0 Å². The molecule has 2 bridgehead atoms. The molecular weight excluding hydrogens is 353 g/mol. The largest absolute Gasteiger partial charge is 0.480 e. The zero-order chi connectivity index (χ0) is 18.9. The molecule has 0 saturated carbocycles. The minimum absolute atomic E-state index is 0.149. The lowest BCUT2D eigenvalue weighted by atomic mass is 10.0. The van der Waals surface area contributed by atoms with E-state index in [2.05, 4.69) is 0 Å². The summed E-state index contributed by atoms with van der Waals surface area (Å²) in [7, 11) is 0. The Kier molecular flexibility index (Phi) is 5.19. The third-order valence-electron chi connectivity index (χ3n) is 4.63. The smallest absolute Gasteiger partial charge is 0.417 e. The Hall–Kier alpha value is -2.13. The molecular formula is C17H19F3N2O4. The molecule has 2 fully saturated rings. The molecule has 142 valence electrons. The maximum atomic E-state index is 13.3. The number of rotatable bonds is 3. The van der Waals surface area contributed by atoms with E-state index in [1.165, 1.54) is 23.1 Å². The molecule has 1 aromatic rings. The number of hydrogen-bond donors (Lipinski definition) is 1. The fourth-order valence-corrected chi connectivity index (χ4v) is 3.58. The number of carboxylic acids is 1. The first-order chi connectivity index (χ1) is 12.3. The number of ether oxygens (including phenoxy) is 1. The summed E-state index contributed by atoms with van der Waals surface area (Å²) in [5, 5.41) is 9.02. The summed E-state index contributed by atoms with van der Waals surface area (Å²) in [5.74, 6) is -1.83. The van der Waals surface area contributed by atoms with Gasteiger partial charge in [-0.25, -0.2) is 0 Å². The van der Waals surface area contributed by atoms with Crippen molar-refractivity contribution in [2.45, 2.75) is 12.2 Å². The van der Waals surface area contributed by atoms with Crippen molar-refractivity contribution in [3.05, 3.63) is 35.4 Å². The Morgan fingerprint density at radius 1 is 1.15 bits per heavy atom. The van der Waals surface area contributed by atoms with Crippen molar-refractivity contribution in [2.24, 2.45) is 5.92 Å². The number of nitrogens with zero attached hydrogens (tertiary/aromatic N) is 2. The van der Waals surface area contributed by atoms with E-state index in [0.717, 1.165) is 6.07 Å². The Labute approximate surface area is 148 Å². The minimum Gasteiger partial charge on any atom is -0.480 e. The first-order valence-electron chi connectivity index (χ1n) is 8.25. The molecule has 2 heterocycles. The number of carbonyl (C=O) groups excluding carboxylic acids is 1. The van der Waals surface area contributed by atoms with Gasteiger partial charge in [0.05, 0.1) is 36.9 Å². The number of benzene rings is 1. The molecule has 26 heavy (non-hydrogen) atoms. The topological polar surface area (TPSA) is 70.1 Å². The summed E-state index contributed by atoms with van der Waals surface area (Å²) in [4.78, 5) is 27.1. The summed E-state index contributed by atoms with van der Waals surface area (Å²) in [6, 6.07) is 4.23. The summed E-state index contributed by atoms with van der Waals surface area (Å²) in [6.45, 7) is 1.26. The second kappa shape index (κ2) is 7.24. The highest BCUT2D eigenvalue weighted by Gasteiger charge is 2.40. The summed E-state index contributed by atoms with van der Waals surface area (Å²) in [6.07, 6.45) is -4.63. The van der Waals surface area contributed by atoms with Gasteiger partial charge >= 0.3 is 12.1 Å². The Balaban J connectivity index is 1.89. The van der Waals surface area contributed by atoms with Crippen molar-refractivity contribution in [1.82, 2.24) is 9.80 Å². The maximum absolute atomic E-state index is 13.3. The average Bonchev–Trinajstić information content (AvgIpc) is 2.83. The van der Waals surface area contributed by atoms with Crippen LogP contribution in [0.1, 0.15) is 15.9 Å². The van der Waals surface area contributed by atoms with Crippen LogP contribution < -0.4 is 0 Å². The normalized spacial score (nSPS) is 24.2. The zero-order valence-corrected chi connectivity index (χ0v) is 13.9. The predicted molar refractivity (Wildman–Crippen MR) is 84.7 cm³/mol. The van der Waals surface area contributed by atoms with Crippen LogP contribution >= 0.6 is 0 Å². The van der Waals surface area contributed by atoms with E-state index in [-0.39, 0.29) is 32.2 Å². The number of aliphatic carboxylic acids is 1. The number of hydrogen-bond acceptors (Lipinski definition) is 4. The Morgan fingerprint density at radius 3 is 2.58 bits per heavy atom. The van der Waals surface area contributed by atoms with Gasteiger partial charge < -0.3 is 14.7 Å². The average molecular weight is 372 g/mol. The third-order valence-corrected chi connectivity index (χ3v) is 4.63. The van der Waals surface area contributed by atoms with E-state index in [4.69, 9.17) is 9.84 Å². The summed E-state index contributed by atoms with van der Waals surface area (Å²) < 4.78 is 45.3. The van der Waals surface area contributed by atoms with Crippen LogP contribution in [0.3, 0.4) is 0 Å². The first kappa shape index (κ1) is 18.7. The highest BCUT2D eigenvalue weighted by atomic mass is 19.4. The number of halogens is 3. The molecule has 2 atom stereocenters. The van der Waals surface area contributed by atoms with Gasteiger partial charge in [0.1, 0.15) is 0 Å². The molecule has 0 unspecified atom stereocenters. The fraction of sp³-hybridized carbons (Fsp3) is 0.529.